The van der Waals surface area contributed by atoms with Crippen molar-refractivity contribution in [2.24, 2.45) is 0 Å². The highest BCUT2D eigenvalue weighted by atomic mass is 32.1. The van der Waals surface area contributed by atoms with Gasteiger partial charge in [0.2, 0.25) is 0 Å². The van der Waals surface area contributed by atoms with E-state index in [2.05, 4.69) is 45.7 Å². The summed E-state index contributed by atoms with van der Waals surface area (Å²) < 4.78 is 0. The van der Waals surface area contributed by atoms with Crippen LogP contribution in [0.25, 0.3) is 0 Å². The Balaban J connectivity index is 1.41. The maximum Gasteiger partial charge on any atom is 0.188 e. The summed E-state index contributed by atoms with van der Waals surface area (Å²) in [7, 11) is 0. The van der Waals surface area contributed by atoms with Crippen LogP contribution >= 0.6 is 22.7 Å². The molecule has 1 N–H and O–H groups in total. The van der Waals surface area contributed by atoms with Gasteiger partial charge in [-0.2, -0.15) is 5.26 Å². The quantitative estimate of drug-likeness (QED) is 0.489. The van der Waals surface area contributed by atoms with Gasteiger partial charge in [0.15, 0.2) is 5.13 Å². The van der Waals surface area contributed by atoms with Crippen LogP contribution in [0, 0.1) is 11.3 Å². The Labute approximate surface area is 180 Å². The van der Waals surface area contributed by atoms with E-state index in [-0.39, 0.29) is 0 Å². The van der Waals surface area contributed by atoms with Gasteiger partial charge in [-0.1, -0.05) is 13.3 Å². The van der Waals surface area contributed by atoms with E-state index < -0.39 is 0 Å². The summed E-state index contributed by atoms with van der Waals surface area (Å²) in [6.45, 7) is 4.38. The summed E-state index contributed by atoms with van der Waals surface area (Å²) in [5.41, 5.74) is 1.73. The summed E-state index contributed by atoms with van der Waals surface area (Å²) >= 11 is 3.56. The van der Waals surface area contributed by atoms with Crippen LogP contribution in [0.15, 0.2) is 35.8 Å². The monoisotopic (exact) mass is 423 g/mol. The highest BCUT2D eigenvalue weighted by Crippen LogP contribution is 2.36. The molecule has 1 unspecified atom stereocenters. The minimum Gasteiger partial charge on any atom is -0.316 e. The van der Waals surface area contributed by atoms with Crippen LogP contribution in [0.5, 0.6) is 0 Å². The van der Waals surface area contributed by atoms with Gasteiger partial charge in [-0.25, -0.2) is 9.97 Å². The average Bonchev–Trinajstić information content (AvgIpc) is 3.48. The number of pyridine rings is 1. The molecule has 3 aromatic rings. The van der Waals surface area contributed by atoms with E-state index in [0.717, 1.165) is 30.3 Å². The number of hydrogen-bond donors (Lipinski definition) is 1. The second-order valence-corrected chi connectivity index (χ2v) is 9.46. The Morgan fingerprint density at radius 3 is 3.07 bits per heavy atom. The first-order valence-corrected chi connectivity index (χ1v) is 11.8. The number of nitrogens with zero attached hydrogens (tertiary/aromatic N) is 4. The van der Waals surface area contributed by atoms with E-state index >= 15 is 0 Å². The molecular formula is C22H25N5S2. The number of nitriles is 1. The zero-order chi connectivity index (χ0) is 20.1. The van der Waals surface area contributed by atoms with E-state index in [1.54, 1.807) is 29.7 Å². The first-order chi connectivity index (χ1) is 14.2. The van der Waals surface area contributed by atoms with Crippen LogP contribution in [0.1, 0.15) is 59.7 Å². The lowest BCUT2D eigenvalue weighted by Crippen LogP contribution is -2.22. The number of likely N-dealkylation sites (tertiary alicyclic amines) is 1. The fourth-order valence-electron chi connectivity index (χ4n) is 3.72. The number of nitrogens with one attached hydrogen (secondary N) is 1. The molecule has 0 aromatic carbocycles. The Morgan fingerprint density at radius 2 is 2.21 bits per heavy atom. The second kappa shape index (κ2) is 9.49. The van der Waals surface area contributed by atoms with Crippen molar-refractivity contribution in [2.75, 3.05) is 11.9 Å². The second-order valence-electron chi connectivity index (χ2n) is 7.34. The van der Waals surface area contributed by atoms with Gasteiger partial charge in [-0.05, 0) is 56.5 Å². The fourth-order valence-corrected chi connectivity index (χ4v) is 5.57. The van der Waals surface area contributed by atoms with Gasteiger partial charge < -0.3 is 5.32 Å². The van der Waals surface area contributed by atoms with Crippen molar-refractivity contribution >= 4 is 33.6 Å². The topological polar surface area (TPSA) is 64.8 Å². The molecule has 0 amide bonds. The van der Waals surface area contributed by atoms with Gasteiger partial charge >= 0.3 is 0 Å². The number of unbranched alkanes of at least 4 members (excludes halogenated alkanes) is 1. The Hall–Kier alpha value is -2.27. The lowest BCUT2D eigenvalue weighted by Gasteiger charge is -2.22. The van der Waals surface area contributed by atoms with Gasteiger partial charge in [0.1, 0.15) is 5.82 Å². The number of aromatic nitrogens is 2. The summed E-state index contributed by atoms with van der Waals surface area (Å²) in [5, 5.41) is 15.3. The Kier molecular flexibility index (Phi) is 6.55. The predicted octanol–water partition coefficient (Wildman–Crippen LogP) is 5.89. The molecule has 0 saturated carbocycles. The van der Waals surface area contributed by atoms with Gasteiger partial charge in [-0.3, -0.25) is 4.90 Å². The first-order valence-electron chi connectivity index (χ1n) is 10.2. The molecule has 0 spiro atoms. The van der Waals surface area contributed by atoms with Crippen molar-refractivity contribution in [2.45, 2.75) is 51.6 Å². The largest absolute Gasteiger partial charge is 0.316 e. The smallest absolute Gasteiger partial charge is 0.188 e. The molecule has 1 fully saturated rings. The van der Waals surface area contributed by atoms with E-state index in [0.29, 0.717) is 17.4 Å². The molecule has 150 valence electrons. The third-order valence-corrected chi connectivity index (χ3v) is 7.11. The van der Waals surface area contributed by atoms with Crippen LogP contribution in [0.3, 0.4) is 0 Å². The predicted molar refractivity (Wildman–Crippen MR) is 120 cm³/mol. The van der Waals surface area contributed by atoms with Crippen LogP contribution in [0.2, 0.25) is 0 Å². The zero-order valence-electron chi connectivity index (χ0n) is 16.6. The molecule has 4 heterocycles. The SMILES string of the molecule is CCCCc1ccc(CN2CCCC2c2csc(Nc3cc(C#N)ccn3)n2)s1. The van der Waals surface area contributed by atoms with Gasteiger partial charge in [0.25, 0.3) is 0 Å². The molecule has 0 bridgehead atoms. The standard InChI is InChI=1S/C22H25N5S2/c1-2-3-5-17-7-8-18(29-17)14-27-11-4-6-20(27)19-15-28-22(25-19)26-21-12-16(13-23)9-10-24-21/h7-10,12,15,20H,2-6,11,14H2,1H3,(H,24,25,26). The summed E-state index contributed by atoms with van der Waals surface area (Å²) in [4.78, 5) is 14.6. The molecule has 29 heavy (non-hydrogen) atoms. The number of hydrogen-bond acceptors (Lipinski definition) is 7. The number of rotatable bonds is 8. The van der Waals surface area contributed by atoms with Crippen LogP contribution in [0.4, 0.5) is 10.9 Å². The molecule has 7 heteroatoms. The minimum absolute atomic E-state index is 0.376. The number of anilines is 2. The van der Waals surface area contributed by atoms with Crippen molar-refractivity contribution in [3.8, 4) is 6.07 Å². The highest BCUT2D eigenvalue weighted by Gasteiger charge is 2.28. The third kappa shape index (κ3) is 5.02. The molecule has 0 aliphatic carbocycles. The van der Waals surface area contributed by atoms with E-state index in [4.69, 9.17) is 10.2 Å². The molecule has 1 atom stereocenters. The van der Waals surface area contributed by atoms with E-state index in [1.807, 2.05) is 11.3 Å². The van der Waals surface area contributed by atoms with Crippen molar-refractivity contribution in [1.29, 1.82) is 5.26 Å². The van der Waals surface area contributed by atoms with Gasteiger partial charge in [0.05, 0.1) is 23.4 Å². The molecule has 1 aliphatic rings. The van der Waals surface area contributed by atoms with Crippen molar-refractivity contribution in [3.05, 3.63) is 56.9 Å². The van der Waals surface area contributed by atoms with Crippen LogP contribution in [-0.2, 0) is 13.0 Å². The number of aryl methyl sites for hydroxylation is 1. The zero-order valence-corrected chi connectivity index (χ0v) is 18.2. The fraction of sp³-hybridized carbons (Fsp3) is 0.409. The summed E-state index contributed by atoms with van der Waals surface area (Å²) in [6, 6.07) is 10.6. The number of thiazole rings is 1. The van der Waals surface area contributed by atoms with E-state index in [9.17, 15) is 0 Å². The maximum atomic E-state index is 9.05. The van der Waals surface area contributed by atoms with Crippen LogP contribution in [-0.4, -0.2) is 21.4 Å². The third-order valence-electron chi connectivity index (χ3n) is 5.20. The Morgan fingerprint density at radius 1 is 1.31 bits per heavy atom. The van der Waals surface area contributed by atoms with E-state index in [1.165, 1.54) is 35.4 Å². The summed E-state index contributed by atoms with van der Waals surface area (Å²) in [6.07, 6.45) is 7.73. The number of thiophene rings is 1. The van der Waals surface area contributed by atoms with Crippen LogP contribution < -0.4 is 5.32 Å². The average molecular weight is 424 g/mol. The molecule has 5 nitrogen and oxygen atoms in total. The molecule has 4 rings (SSSR count). The molecule has 0 radical (unpaired) electrons. The molecule has 3 aromatic heterocycles. The Bertz CT molecular complexity index is 987. The maximum absolute atomic E-state index is 9.05. The summed E-state index contributed by atoms with van der Waals surface area (Å²) in [5.74, 6) is 0.659. The normalized spacial score (nSPS) is 16.8. The molecular weight excluding hydrogens is 398 g/mol. The van der Waals surface area contributed by atoms with Crippen molar-refractivity contribution in [1.82, 2.24) is 14.9 Å². The minimum atomic E-state index is 0.376. The molecule has 1 aliphatic heterocycles. The first kappa shape index (κ1) is 20.0. The molecule has 1 saturated heterocycles. The van der Waals surface area contributed by atoms with Gasteiger partial charge in [-0.15, -0.1) is 22.7 Å². The highest BCUT2D eigenvalue weighted by molar-refractivity contribution is 7.13. The lowest BCUT2D eigenvalue weighted by molar-refractivity contribution is 0.247. The van der Waals surface area contributed by atoms with Gasteiger partial charge in [0, 0.05) is 27.9 Å². The van der Waals surface area contributed by atoms with Crippen molar-refractivity contribution < 1.29 is 0 Å². The van der Waals surface area contributed by atoms with Crippen molar-refractivity contribution in [3.63, 3.8) is 0 Å². The lowest BCUT2D eigenvalue weighted by atomic mass is 10.1.